The van der Waals surface area contributed by atoms with Gasteiger partial charge in [0.1, 0.15) is 6.61 Å². The van der Waals surface area contributed by atoms with Crippen LogP contribution in [0.3, 0.4) is 0 Å². The van der Waals surface area contributed by atoms with Crippen LogP contribution in [-0.4, -0.2) is 49.3 Å². The van der Waals surface area contributed by atoms with Gasteiger partial charge in [-0.15, -0.1) is 0 Å². The van der Waals surface area contributed by atoms with Crippen molar-refractivity contribution in [3.63, 3.8) is 0 Å². The minimum Gasteiger partial charge on any atom is -0.462 e. The summed E-state index contributed by atoms with van der Waals surface area (Å²) in [5.74, 6) is -0.835. The Hall–Kier alpha value is -1.25. The summed E-state index contributed by atoms with van der Waals surface area (Å²) < 4.78 is 32.8. The van der Waals surface area contributed by atoms with E-state index in [2.05, 4.69) is 26.0 Å². The molecule has 0 rings (SSSR count). The van der Waals surface area contributed by atoms with E-state index in [1.165, 1.54) is 141 Å². The lowest BCUT2D eigenvalue weighted by molar-refractivity contribution is -0.161. The van der Waals surface area contributed by atoms with Gasteiger partial charge in [0, 0.05) is 19.4 Å². The summed E-state index contributed by atoms with van der Waals surface area (Å²) in [6.45, 7) is 3.74. The van der Waals surface area contributed by atoms with Crippen molar-refractivity contribution < 1.29 is 37.6 Å². The first-order valence-electron chi connectivity index (χ1n) is 22.2. The van der Waals surface area contributed by atoms with Crippen LogP contribution in [0.1, 0.15) is 219 Å². The molecular formula is C43H84NO8P. The summed E-state index contributed by atoms with van der Waals surface area (Å²) in [6.07, 6.45) is 41.0. The zero-order valence-corrected chi connectivity index (χ0v) is 35.4. The highest BCUT2D eigenvalue weighted by Gasteiger charge is 2.26. The van der Waals surface area contributed by atoms with E-state index in [0.29, 0.717) is 6.42 Å². The van der Waals surface area contributed by atoms with Crippen molar-refractivity contribution in [2.45, 2.75) is 225 Å². The number of phosphoric ester groups is 1. The Kier molecular flexibility index (Phi) is 39.5. The van der Waals surface area contributed by atoms with Gasteiger partial charge in [0.2, 0.25) is 0 Å². The number of nitrogens with two attached hydrogens (primary N) is 1. The van der Waals surface area contributed by atoms with Gasteiger partial charge in [-0.3, -0.25) is 18.6 Å². The average molecular weight is 774 g/mol. The lowest BCUT2D eigenvalue weighted by atomic mass is 10.0. The van der Waals surface area contributed by atoms with Crippen molar-refractivity contribution in [3.05, 3.63) is 12.2 Å². The maximum atomic E-state index is 12.6. The molecular weight excluding hydrogens is 689 g/mol. The minimum absolute atomic E-state index is 0.0540. The molecule has 0 saturated carbocycles. The zero-order valence-electron chi connectivity index (χ0n) is 34.5. The minimum atomic E-state index is -4.37. The molecule has 10 heteroatoms. The summed E-state index contributed by atoms with van der Waals surface area (Å²) >= 11 is 0. The maximum absolute atomic E-state index is 12.6. The Morgan fingerprint density at radius 3 is 1.36 bits per heavy atom. The molecule has 0 aliphatic rings. The summed E-state index contributed by atoms with van der Waals surface area (Å²) in [7, 11) is -4.37. The second-order valence-electron chi connectivity index (χ2n) is 14.9. The van der Waals surface area contributed by atoms with Crippen molar-refractivity contribution in [2.24, 2.45) is 5.73 Å². The number of carbonyl (C=O) groups excluding carboxylic acids is 2. The molecule has 0 fully saturated rings. The molecule has 0 amide bonds. The number of allylic oxidation sites excluding steroid dienone is 2. The standard InChI is InChI=1S/C43H84NO8P/c1-3-5-7-9-11-13-15-17-19-20-22-23-25-27-29-31-33-35-42(45)49-39-41(40-51-53(47,48)50-38-37-44)52-43(46)36-34-32-30-28-26-24-21-18-16-14-12-10-8-6-4-2/h24,26,41H,3-23,25,27-40,44H2,1-2H3,(H,47,48)/b26-24+/t41-/m1/s1. The summed E-state index contributed by atoms with van der Waals surface area (Å²) in [5, 5.41) is 0. The van der Waals surface area contributed by atoms with Crippen molar-refractivity contribution in [1.29, 1.82) is 0 Å². The Morgan fingerprint density at radius 2 is 0.925 bits per heavy atom. The first kappa shape index (κ1) is 51.8. The lowest BCUT2D eigenvalue weighted by Gasteiger charge is -2.19. The van der Waals surface area contributed by atoms with Crippen molar-refractivity contribution in [1.82, 2.24) is 0 Å². The molecule has 2 atom stereocenters. The molecule has 0 radical (unpaired) electrons. The number of esters is 2. The fourth-order valence-electron chi connectivity index (χ4n) is 6.34. The molecule has 314 valence electrons. The topological polar surface area (TPSA) is 134 Å². The molecule has 0 aromatic carbocycles. The highest BCUT2D eigenvalue weighted by atomic mass is 31.2. The normalized spacial score (nSPS) is 13.4. The van der Waals surface area contributed by atoms with Crippen LogP contribution >= 0.6 is 7.82 Å². The molecule has 0 aromatic heterocycles. The Bertz CT molecular complexity index is 886. The fraction of sp³-hybridized carbons (Fsp3) is 0.907. The van der Waals surface area contributed by atoms with E-state index in [1.54, 1.807) is 0 Å². The van der Waals surface area contributed by atoms with Gasteiger partial charge in [0.25, 0.3) is 0 Å². The van der Waals surface area contributed by atoms with E-state index in [1.807, 2.05) is 0 Å². The Balaban J connectivity index is 4.12. The van der Waals surface area contributed by atoms with E-state index in [-0.39, 0.29) is 38.6 Å². The molecule has 0 bridgehead atoms. The van der Waals surface area contributed by atoms with Crippen molar-refractivity contribution in [3.8, 4) is 0 Å². The third kappa shape index (κ3) is 40.2. The highest BCUT2D eigenvalue weighted by Crippen LogP contribution is 2.43. The van der Waals surface area contributed by atoms with E-state index in [0.717, 1.165) is 44.9 Å². The van der Waals surface area contributed by atoms with Crippen LogP contribution in [0.5, 0.6) is 0 Å². The number of carbonyl (C=O) groups is 2. The van der Waals surface area contributed by atoms with E-state index < -0.39 is 26.5 Å². The Labute approximate surface area is 326 Å². The van der Waals surface area contributed by atoms with Crippen LogP contribution in [0, 0.1) is 0 Å². The SMILES string of the molecule is CCCCCCCCCC/C=C/CCCCCC(=O)O[C@H](COC(=O)CCCCCCCCCCCCCCCCCCC)COP(=O)(O)OCCN. The first-order chi connectivity index (χ1) is 25.8. The summed E-state index contributed by atoms with van der Waals surface area (Å²) in [4.78, 5) is 34.9. The zero-order chi connectivity index (χ0) is 38.9. The van der Waals surface area contributed by atoms with Gasteiger partial charge in [-0.2, -0.15) is 0 Å². The number of ether oxygens (including phenoxy) is 2. The lowest BCUT2D eigenvalue weighted by Crippen LogP contribution is -2.29. The van der Waals surface area contributed by atoms with Crippen molar-refractivity contribution in [2.75, 3.05) is 26.4 Å². The number of rotatable bonds is 42. The largest absolute Gasteiger partial charge is 0.472 e. The smallest absolute Gasteiger partial charge is 0.462 e. The molecule has 0 spiro atoms. The molecule has 0 aliphatic carbocycles. The molecule has 0 aliphatic heterocycles. The monoisotopic (exact) mass is 774 g/mol. The van der Waals surface area contributed by atoms with E-state index >= 15 is 0 Å². The van der Waals surface area contributed by atoms with Gasteiger partial charge in [0.05, 0.1) is 13.2 Å². The third-order valence-electron chi connectivity index (χ3n) is 9.65. The molecule has 53 heavy (non-hydrogen) atoms. The summed E-state index contributed by atoms with van der Waals surface area (Å²) in [5.41, 5.74) is 5.35. The Morgan fingerprint density at radius 1 is 0.547 bits per heavy atom. The predicted molar refractivity (Wildman–Crippen MR) is 220 cm³/mol. The van der Waals surface area contributed by atoms with Gasteiger partial charge in [-0.05, 0) is 38.5 Å². The molecule has 9 nitrogen and oxygen atoms in total. The number of hydrogen-bond donors (Lipinski definition) is 2. The van der Waals surface area contributed by atoms with E-state index in [9.17, 15) is 19.0 Å². The number of hydrogen-bond acceptors (Lipinski definition) is 8. The van der Waals surface area contributed by atoms with Gasteiger partial charge in [-0.25, -0.2) is 4.57 Å². The molecule has 0 saturated heterocycles. The molecule has 1 unspecified atom stereocenters. The van der Waals surface area contributed by atoms with E-state index in [4.69, 9.17) is 24.3 Å². The van der Waals surface area contributed by atoms with Gasteiger partial charge < -0.3 is 20.1 Å². The van der Waals surface area contributed by atoms with Crippen LogP contribution in [0.25, 0.3) is 0 Å². The molecule has 0 heterocycles. The van der Waals surface area contributed by atoms with Crippen LogP contribution in [-0.2, 0) is 32.7 Å². The van der Waals surface area contributed by atoms with Crippen molar-refractivity contribution >= 4 is 19.8 Å². The maximum Gasteiger partial charge on any atom is 0.472 e. The third-order valence-corrected chi connectivity index (χ3v) is 10.6. The van der Waals surface area contributed by atoms with Crippen LogP contribution in [0.15, 0.2) is 12.2 Å². The second kappa shape index (κ2) is 40.4. The average Bonchev–Trinajstić information content (AvgIpc) is 3.14. The van der Waals surface area contributed by atoms with Gasteiger partial charge >= 0.3 is 19.8 Å². The second-order valence-corrected chi connectivity index (χ2v) is 16.4. The first-order valence-corrected chi connectivity index (χ1v) is 23.7. The predicted octanol–water partition coefficient (Wildman–Crippen LogP) is 12.6. The molecule has 0 aromatic rings. The van der Waals surface area contributed by atoms with Gasteiger partial charge in [-0.1, -0.05) is 180 Å². The molecule has 3 N–H and O–H groups in total. The fourth-order valence-corrected chi connectivity index (χ4v) is 7.10. The van der Waals surface area contributed by atoms with Crippen LogP contribution in [0.2, 0.25) is 0 Å². The number of unbranched alkanes of at least 4 members (excludes halogenated alkanes) is 27. The highest BCUT2D eigenvalue weighted by molar-refractivity contribution is 7.47. The van der Waals surface area contributed by atoms with Crippen LogP contribution < -0.4 is 5.73 Å². The van der Waals surface area contributed by atoms with Crippen LogP contribution in [0.4, 0.5) is 0 Å². The number of phosphoric acid groups is 1. The quantitative estimate of drug-likeness (QED) is 0.0269. The van der Waals surface area contributed by atoms with Gasteiger partial charge in [0.15, 0.2) is 6.10 Å². The summed E-state index contributed by atoms with van der Waals surface area (Å²) in [6, 6.07) is 0.